The monoisotopic (exact) mass is 359 g/mol. The standard InChI is InChI=1S/C16H20F3N3O3/c17-16(18,19)11-5-1-9(2-6-11)10-3-7-12(8-4-10)25-14(20)13(22-21)15(23)24/h1-2,5-6,10,12,22H,3-4,7-8,20-21H2,(H,23,24)/b14-13+. The van der Waals surface area contributed by atoms with Crippen LogP contribution in [0.1, 0.15) is 42.7 Å². The van der Waals surface area contributed by atoms with Crippen molar-refractivity contribution in [3.63, 3.8) is 0 Å². The lowest BCUT2D eigenvalue weighted by Gasteiger charge is -2.29. The van der Waals surface area contributed by atoms with Crippen molar-refractivity contribution >= 4 is 5.97 Å². The zero-order valence-corrected chi connectivity index (χ0v) is 13.3. The zero-order chi connectivity index (χ0) is 18.6. The number of nitrogens with two attached hydrogens (primary N) is 2. The second kappa shape index (κ2) is 7.64. The zero-order valence-electron chi connectivity index (χ0n) is 13.3. The van der Waals surface area contributed by atoms with E-state index in [-0.39, 0.29) is 17.9 Å². The molecule has 0 atom stereocenters. The number of rotatable bonds is 5. The third kappa shape index (κ3) is 4.79. The van der Waals surface area contributed by atoms with Crippen molar-refractivity contribution in [1.29, 1.82) is 0 Å². The van der Waals surface area contributed by atoms with Crippen LogP contribution in [0, 0.1) is 0 Å². The van der Waals surface area contributed by atoms with Crippen LogP contribution in [0.3, 0.4) is 0 Å². The molecule has 0 heterocycles. The van der Waals surface area contributed by atoms with Crippen molar-refractivity contribution in [2.24, 2.45) is 11.6 Å². The van der Waals surface area contributed by atoms with E-state index in [0.29, 0.717) is 25.7 Å². The highest BCUT2D eigenvalue weighted by Crippen LogP contribution is 2.36. The van der Waals surface area contributed by atoms with Crippen LogP contribution in [-0.4, -0.2) is 17.2 Å². The van der Waals surface area contributed by atoms with Crippen LogP contribution in [0.5, 0.6) is 0 Å². The molecule has 1 aliphatic rings. The smallest absolute Gasteiger partial charge is 0.416 e. The number of hydrazine groups is 1. The van der Waals surface area contributed by atoms with Crippen LogP contribution >= 0.6 is 0 Å². The fourth-order valence-electron chi connectivity index (χ4n) is 2.94. The number of hydrogen-bond donors (Lipinski definition) is 4. The van der Waals surface area contributed by atoms with Gasteiger partial charge in [0.15, 0.2) is 5.70 Å². The molecule has 6 N–H and O–H groups in total. The van der Waals surface area contributed by atoms with Crippen molar-refractivity contribution < 1.29 is 27.8 Å². The summed E-state index contributed by atoms with van der Waals surface area (Å²) in [5, 5.41) is 8.90. The van der Waals surface area contributed by atoms with Gasteiger partial charge >= 0.3 is 12.1 Å². The Morgan fingerprint density at radius 2 is 1.72 bits per heavy atom. The first-order chi connectivity index (χ1) is 11.7. The topological polar surface area (TPSA) is 111 Å². The quantitative estimate of drug-likeness (QED) is 0.278. The summed E-state index contributed by atoms with van der Waals surface area (Å²) in [6, 6.07) is 5.18. The number of carboxylic acids is 1. The predicted octanol–water partition coefficient (Wildman–Crippen LogP) is 2.42. The third-order valence-corrected chi connectivity index (χ3v) is 4.28. The number of halogens is 3. The van der Waals surface area contributed by atoms with Gasteiger partial charge in [-0.1, -0.05) is 12.1 Å². The van der Waals surface area contributed by atoms with Crippen LogP contribution in [0.25, 0.3) is 0 Å². The SMILES string of the molecule is NN/C(C(=O)O)=C(\N)OC1CCC(c2ccc(C(F)(F)F)cc2)CC1. The lowest BCUT2D eigenvalue weighted by Crippen LogP contribution is -2.32. The molecule has 25 heavy (non-hydrogen) atoms. The summed E-state index contributed by atoms with van der Waals surface area (Å²) < 4.78 is 43.2. The molecule has 138 valence electrons. The van der Waals surface area contributed by atoms with Gasteiger partial charge in [0, 0.05) is 0 Å². The van der Waals surface area contributed by atoms with E-state index in [1.54, 1.807) is 0 Å². The second-order valence-corrected chi connectivity index (χ2v) is 5.90. The summed E-state index contributed by atoms with van der Waals surface area (Å²) in [7, 11) is 0. The maximum Gasteiger partial charge on any atom is 0.416 e. The molecule has 0 amide bonds. The first kappa shape index (κ1) is 18.9. The van der Waals surface area contributed by atoms with Gasteiger partial charge in [0.2, 0.25) is 5.88 Å². The minimum atomic E-state index is -4.34. The van der Waals surface area contributed by atoms with Gasteiger partial charge in [0.05, 0.1) is 5.56 Å². The molecule has 0 saturated heterocycles. The molecule has 9 heteroatoms. The fraction of sp³-hybridized carbons (Fsp3) is 0.438. The van der Waals surface area contributed by atoms with Gasteiger partial charge in [-0.2, -0.15) is 13.2 Å². The van der Waals surface area contributed by atoms with Gasteiger partial charge in [-0.15, -0.1) is 0 Å². The fourth-order valence-corrected chi connectivity index (χ4v) is 2.94. The molecule has 2 rings (SSSR count). The Balaban J connectivity index is 1.94. The molecule has 0 aromatic heterocycles. The summed E-state index contributed by atoms with van der Waals surface area (Å²) in [5.41, 5.74) is 7.35. The Morgan fingerprint density at radius 1 is 1.16 bits per heavy atom. The Kier molecular flexibility index (Phi) is 5.78. The first-order valence-electron chi connectivity index (χ1n) is 7.75. The number of benzene rings is 1. The van der Waals surface area contributed by atoms with Crippen molar-refractivity contribution in [2.45, 2.75) is 43.9 Å². The average molecular weight is 359 g/mol. The van der Waals surface area contributed by atoms with E-state index in [2.05, 4.69) is 0 Å². The minimum Gasteiger partial charge on any atom is -0.476 e. The number of carbonyl (C=O) groups is 1. The lowest BCUT2D eigenvalue weighted by molar-refractivity contribution is -0.137. The van der Waals surface area contributed by atoms with Crippen LogP contribution in [0.15, 0.2) is 35.8 Å². The average Bonchev–Trinajstić information content (AvgIpc) is 2.55. The van der Waals surface area contributed by atoms with Gasteiger partial charge < -0.3 is 21.0 Å². The molecule has 0 unspecified atom stereocenters. The number of alkyl halides is 3. The van der Waals surface area contributed by atoms with Gasteiger partial charge in [-0.05, 0) is 49.3 Å². The Morgan fingerprint density at radius 3 is 2.16 bits per heavy atom. The van der Waals surface area contributed by atoms with Gasteiger partial charge in [0.25, 0.3) is 0 Å². The largest absolute Gasteiger partial charge is 0.476 e. The highest BCUT2D eigenvalue weighted by Gasteiger charge is 2.31. The predicted molar refractivity (Wildman–Crippen MR) is 83.7 cm³/mol. The molecular formula is C16H20F3N3O3. The lowest BCUT2D eigenvalue weighted by atomic mass is 9.82. The molecule has 1 fully saturated rings. The number of hydrogen-bond acceptors (Lipinski definition) is 5. The van der Waals surface area contributed by atoms with E-state index < -0.39 is 23.4 Å². The molecule has 1 aromatic carbocycles. The highest BCUT2D eigenvalue weighted by atomic mass is 19.4. The molecule has 1 aliphatic carbocycles. The summed E-state index contributed by atoms with van der Waals surface area (Å²) in [4.78, 5) is 10.9. The van der Waals surface area contributed by atoms with Gasteiger partial charge in [-0.25, -0.2) is 4.79 Å². The highest BCUT2D eigenvalue weighted by molar-refractivity contribution is 5.86. The van der Waals surface area contributed by atoms with E-state index in [4.69, 9.17) is 21.4 Å². The van der Waals surface area contributed by atoms with Crippen LogP contribution in [0.2, 0.25) is 0 Å². The molecule has 0 bridgehead atoms. The van der Waals surface area contributed by atoms with E-state index in [1.807, 2.05) is 5.43 Å². The molecule has 1 saturated carbocycles. The van der Waals surface area contributed by atoms with E-state index in [9.17, 15) is 18.0 Å². The first-order valence-corrected chi connectivity index (χ1v) is 7.75. The van der Waals surface area contributed by atoms with Crippen LogP contribution < -0.4 is 17.0 Å². The normalized spacial score (nSPS) is 22.1. The molecule has 0 aliphatic heterocycles. The van der Waals surface area contributed by atoms with E-state index in [1.165, 1.54) is 12.1 Å². The number of nitrogens with one attached hydrogen (secondary N) is 1. The number of carboxylic acid groups (broad SMARTS) is 1. The van der Waals surface area contributed by atoms with Crippen LogP contribution in [0.4, 0.5) is 13.2 Å². The van der Waals surface area contributed by atoms with E-state index >= 15 is 0 Å². The van der Waals surface area contributed by atoms with Crippen molar-refractivity contribution in [2.75, 3.05) is 0 Å². The van der Waals surface area contributed by atoms with Crippen molar-refractivity contribution in [1.82, 2.24) is 5.43 Å². The molecule has 6 nitrogen and oxygen atoms in total. The van der Waals surface area contributed by atoms with Crippen molar-refractivity contribution in [3.8, 4) is 0 Å². The molecule has 0 spiro atoms. The van der Waals surface area contributed by atoms with Crippen LogP contribution in [-0.2, 0) is 15.7 Å². The minimum absolute atomic E-state index is 0.138. The van der Waals surface area contributed by atoms with E-state index in [0.717, 1.165) is 17.7 Å². The van der Waals surface area contributed by atoms with Crippen molar-refractivity contribution in [3.05, 3.63) is 47.0 Å². The maximum atomic E-state index is 12.6. The molecule has 0 radical (unpaired) electrons. The third-order valence-electron chi connectivity index (χ3n) is 4.28. The van der Waals surface area contributed by atoms with Gasteiger partial charge in [0.1, 0.15) is 6.10 Å². The summed E-state index contributed by atoms with van der Waals surface area (Å²) in [6.45, 7) is 0. The maximum absolute atomic E-state index is 12.6. The second-order valence-electron chi connectivity index (χ2n) is 5.90. The Labute approximate surface area is 142 Å². The van der Waals surface area contributed by atoms with Gasteiger partial charge in [-0.3, -0.25) is 5.84 Å². The number of aliphatic carboxylic acids is 1. The Hall–Kier alpha value is -2.42. The molecular weight excluding hydrogens is 339 g/mol. The number of ether oxygens (including phenoxy) is 1. The summed E-state index contributed by atoms with van der Waals surface area (Å²) in [5.74, 6) is 3.62. The molecule has 1 aromatic rings. The Bertz CT molecular complexity index is 636. The summed E-state index contributed by atoms with van der Waals surface area (Å²) >= 11 is 0. The summed E-state index contributed by atoms with van der Waals surface area (Å²) in [6.07, 6.45) is -1.95.